The molecule has 0 N–H and O–H groups in total. The Hall–Kier alpha value is -1.03. The molecule has 0 amide bonds. The first-order valence-corrected chi connectivity index (χ1v) is 11.5. The molecule has 2 aliphatic carbocycles. The Labute approximate surface area is 147 Å². The van der Waals surface area contributed by atoms with E-state index < -0.39 is 9.84 Å². The third-order valence-corrected chi connectivity index (χ3v) is 6.01. The van der Waals surface area contributed by atoms with Crippen LogP contribution in [-0.4, -0.2) is 27.0 Å². The first-order valence-electron chi connectivity index (χ1n) is 9.42. The normalized spacial score (nSPS) is 24.0. The van der Waals surface area contributed by atoms with Crippen molar-refractivity contribution < 1.29 is 13.2 Å². The summed E-state index contributed by atoms with van der Waals surface area (Å²) in [6.45, 7) is 4.64. The van der Waals surface area contributed by atoms with E-state index in [4.69, 9.17) is 4.74 Å². The number of rotatable bonds is 6. The van der Waals surface area contributed by atoms with Gasteiger partial charge in [0.05, 0.1) is 12.4 Å². The minimum Gasteiger partial charge on any atom is -0.493 e. The summed E-state index contributed by atoms with van der Waals surface area (Å²) >= 11 is 0. The van der Waals surface area contributed by atoms with Gasteiger partial charge >= 0.3 is 0 Å². The second kappa shape index (κ2) is 8.89. The molecule has 24 heavy (non-hydrogen) atoms. The molecule has 0 bridgehead atoms. The summed E-state index contributed by atoms with van der Waals surface area (Å²) in [5, 5.41) is 0. The van der Waals surface area contributed by atoms with Crippen molar-refractivity contribution in [1.29, 1.82) is 0 Å². The van der Waals surface area contributed by atoms with Crippen LogP contribution in [0.5, 0.6) is 5.75 Å². The topological polar surface area (TPSA) is 43.4 Å². The van der Waals surface area contributed by atoms with Crippen LogP contribution in [0.25, 0.3) is 0 Å². The molecule has 0 spiro atoms. The maximum atomic E-state index is 11.6. The molecule has 3 rings (SSSR count). The number of hydrogen-bond acceptors (Lipinski definition) is 3. The Morgan fingerprint density at radius 2 is 1.54 bits per heavy atom. The van der Waals surface area contributed by atoms with Gasteiger partial charge in [0.25, 0.3) is 0 Å². The minimum absolute atomic E-state index is 0.259. The SMILES string of the molecule is CC.CS(=O)(=O)CC1CCCCC1COc1ccc(C2CC2)cc1. The van der Waals surface area contributed by atoms with Crippen LogP contribution < -0.4 is 4.74 Å². The summed E-state index contributed by atoms with van der Waals surface area (Å²) in [7, 11) is -2.90. The van der Waals surface area contributed by atoms with E-state index in [-0.39, 0.29) is 5.92 Å². The average Bonchev–Trinajstić information content (AvgIpc) is 3.40. The molecule has 2 saturated carbocycles. The van der Waals surface area contributed by atoms with Crippen molar-refractivity contribution in [3.8, 4) is 5.75 Å². The molecule has 136 valence electrons. The van der Waals surface area contributed by atoms with Crippen molar-refractivity contribution in [1.82, 2.24) is 0 Å². The molecule has 2 aliphatic rings. The molecule has 0 aliphatic heterocycles. The highest BCUT2D eigenvalue weighted by atomic mass is 32.2. The first kappa shape index (κ1) is 19.3. The van der Waals surface area contributed by atoms with Gasteiger partial charge in [-0.3, -0.25) is 0 Å². The van der Waals surface area contributed by atoms with Gasteiger partial charge in [0, 0.05) is 6.26 Å². The smallest absolute Gasteiger partial charge is 0.147 e. The van der Waals surface area contributed by atoms with E-state index in [2.05, 4.69) is 24.3 Å². The van der Waals surface area contributed by atoms with Crippen LogP contribution >= 0.6 is 0 Å². The molecule has 3 nitrogen and oxygen atoms in total. The first-order chi connectivity index (χ1) is 11.5. The Kier molecular flexibility index (Phi) is 7.15. The van der Waals surface area contributed by atoms with Gasteiger partial charge in [-0.1, -0.05) is 38.8 Å². The predicted octanol–water partition coefficient (Wildman–Crippen LogP) is 4.82. The lowest BCUT2D eigenvalue weighted by molar-refractivity contribution is 0.161. The largest absolute Gasteiger partial charge is 0.493 e. The fraction of sp³-hybridized carbons (Fsp3) is 0.700. The van der Waals surface area contributed by atoms with Gasteiger partial charge in [-0.05, 0) is 61.1 Å². The highest BCUT2D eigenvalue weighted by molar-refractivity contribution is 7.90. The van der Waals surface area contributed by atoms with Crippen LogP contribution in [0.2, 0.25) is 0 Å². The van der Waals surface area contributed by atoms with Crippen LogP contribution in [0, 0.1) is 11.8 Å². The molecule has 2 unspecified atom stereocenters. The summed E-state index contributed by atoms with van der Waals surface area (Å²) < 4.78 is 29.1. The zero-order valence-electron chi connectivity index (χ0n) is 15.3. The summed E-state index contributed by atoms with van der Waals surface area (Å²) in [5.74, 6) is 2.61. The van der Waals surface area contributed by atoms with Gasteiger partial charge in [-0.15, -0.1) is 0 Å². The molecular formula is C20H32O3S. The summed E-state index contributed by atoms with van der Waals surface area (Å²) in [5.41, 5.74) is 1.42. The quantitative estimate of drug-likeness (QED) is 0.737. The minimum atomic E-state index is -2.90. The van der Waals surface area contributed by atoms with E-state index in [1.165, 1.54) is 31.1 Å². The number of benzene rings is 1. The van der Waals surface area contributed by atoms with Crippen molar-refractivity contribution in [3.05, 3.63) is 29.8 Å². The van der Waals surface area contributed by atoms with Gasteiger partial charge < -0.3 is 4.74 Å². The van der Waals surface area contributed by atoms with Crippen LogP contribution in [0.4, 0.5) is 0 Å². The van der Waals surface area contributed by atoms with Crippen molar-refractivity contribution in [2.75, 3.05) is 18.6 Å². The third kappa shape index (κ3) is 6.12. The van der Waals surface area contributed by atoms with E-state index in [0.29, 0.717) is 18.3 Å². The van der Waals surface area contributed by atoms with Gasteiger partial charge in [0.2, 0.25) is 0 Å². The molecular weight excluding hydrogens is 320 g/mol. The molecule has 1 aromatic carbocycles. The van der Waals surface area contributed by atoms with E-state index in [1.54, 1.807) is 0 Å². The van der Waals surface area contributed by atoms with Gasteiger partial charge in [0.15, 0.2) is 0 Å². The molecule has 0 saturated heterocycles. The van der Waals surface area contributed by atoms with Crippen molar-refractivity contribution >= 4 is 9.84 Å². The highest BCUT2D eigenvalue weighted by Crippen LogP contribution is 2.40. The third-order valence-electron chi connectivity index (χ3n) is 4.98. The molecule has 4 heteroatoms. The predicted molar refractivity (Wildman–Crippen MR) is 100 cm³/mol. The Morgan fingerprint density at radius 3 is 2.08 bits per heavy atom. The van der Waals surface area contributed by atoms with Crippen LogP contribution in [0.1, 0.15) is 63.9 Å². The molecule has 2 fully saturated rings. The lowest BCUT2D eigenvalue weighted by Crippen LogP contribution is -2.30. The molecule has 2 atom stereocenters. The molecule has 0 heterocycles. The lowest BCUT2D eigenvalue weighted by atomic mass is 9.81. The Balaban J connectivity index is 0.00000100. The maximum absolute atomic E-state index is 11.6. The van der Waals surface area contributed by atoms with E-state index in [9.17, 15) is 8.42 Å². The monoisotopic (exact) mass is 352 g/mol. The number of ether oxygens (including phenoxy) is 1. The molecule has 0 aromatic heterocycles. The van der Waals surface area contributed by atoms with Gasteiger partial charge in [-0.2, -0.15) is 0 Å². The molecule has 1 aromatic rings. The van der Waals surface area contributed by atoms with E-state index >= 15 is 0 Å². The maximum Gasteiger partial charge on any atom is 0.147 e. The van der Waals surface area contributed by atoms with Crippen molar-refractivity contribution in [2.45, 2.75) is 58.3 Å². The van der Waals surface area contributed by atoms with Crippen molar-refractivity contribution in [2.24, 2.45) is 11.8 Å². The second-order valence-corrected chi connectivity index (χ2v) is 9.24. The van der Waals surface area contributed by atoms with Gasteiger partial charge in [0.1, 0.15) is 15.6 Å². The van der Waals surface area contributed by atoms with Crippen LogP contribution in [0.15, 0.2) is 24.3 Å². The fourth-order valence-corrected chi connectivity index (χ4v) is 4.78. The standard InChI is InChI=1S/C18H26O3S.C2H6/c1-22(19,20)13-17-5-3-2-4-16(17)12-21-18-10-8-15(9-11-18)14-6-7-14;1-2/h8-11,14,16-17H,2-7,12-13H2,1H3;1-2H3. The summed E-state index contributed by atoms with van der Waals surface area (Å²) in [6.07, 6.45) is 8.41. The second-order valence-electron chi connectivity index (χ2n) is 7.05. The zero-order valence-corrected chi connectivity index (χ0v) is 16.1. The van der Waals surface area contributed by atoms with E-state index in [1.807, 2.05) is 13.8 Å². The van der Waals surface area contributed by atoms with Crippen LogP contribution in [-0.2, 0) is 9.84 Å². The Bertz CT molecular complexity index is 588. The number of hydrogen-bond donors (Lipinski definition) is 0. The summed E-state index contributed by atoms with van der Waals surface area (Å²) in [4.78, 5) is 0. The summed E-state index contributed by atoms with van der Waals surface area (Å²) in [6, 6.07) is 8.45. The average molecular weight is 353 g/mol. The molecule has 0 radical (unpaired) electrons. The number of sulfone groups is 1. The fourth-order valence-electron chi connectivity index (χ4n) is 3.57. The van der Waals surface area contributed by atoms with Crippen molar-refractivity contribution in [3.63, 3.8) is 0 Å². The lowest BCUT2D eigenvalue weighted by Gasteiger charge is -2.30. The van der Waals surface area contributed by atoms with E-state index in [0.717, 1.165) is 30.9 Å². The van der Waals surface area contributed by atoms with Crippen LogP contribution in [0.3, 0.4) is 0 Å². The zero-order chi connectivity index (χ0) is 17.6. The van der Waals surface area contributed by atoms with Gasteiger partial charge in [-0.25, -0.2) is 8.42 Å². The Morgan fingerprint density at radius 1 is 0.958 bits per heavy atom. The highest BCUT2D eigenvalue weighted by Gasteiger charge is 2.28.